The lowest BCUT2D eigenvalue weighted by atomic mass is 10.1. The molecule has 0 aliphatic carbocycles. The number of nitrogens with zero attached hydrogens (tertiary/aromatic N) is 1. The van der Waals surface area contributed by atoms with E-state index in [9.17, 15) is 9.59 Å². The average molecular weight is 319 g/mol. The third kappa shape index (κ3) is 5.36. The summed E-state index contributed by atoms with van der Waals surface area (Å²) < 4.78 is 5.79. The van der Waals surface area contributed by atoms with E-state index in [1.807, 2.05) is 4.90 Å². The monoisotopic (exact) mass is 319 g/mol. The van der Waals surface area contributed by atoms with Gasteiger partial charge in [0.25, 0.3) is 0 Å². The van der Waals surface area contributed by atoms with E-state index in [2.05, 4.69) is 13.8 Å². The number of carboxylic acids is 1. The number of hydrogen-bond donors (Lipinski definition) is 1. The molecule has 23 heavy (non-hydrogen) atoms. The molecule has 0 unspecified atom stereocenters. The molecule has 1 aromatic carbocycles. The molecule has 126 valence electrons. The molecular weight excluding hydrogens is 294 g/mol. The number of carboxylic acid groups (broad SMARTS) is 1. The lowest BCUT2D eigenvalue weighted by Gasteiger charge is -2.17. The third-order valence-electron chi connectivity index (χ3n) is 3.99. The summed E-state index contributed by atoms with van der Waals surface area (Å²) >= 11 is 0. The Bertz CT molecular complexity index is 538. The number of amides is 1. The summed E-state index contributed by atoms with van der Waals surface area (Å²) in [6, 6.07) is 6.70. The van der Waals surface area contributed by atoms with Gasteiger partial charge in [-0.2, -0.15) is 0 Å². The summed E-state index contributed by atoms with van der Waals surface area (Å²) in [5.74, 6) is -0.284. The normalized spacial score (nSPS) is 17.7. The maximum atomic E-state index is 12.3. The number of rotatable bonds is 7. The maximum Gasteiger partial charge on any atom is 0.335 e. The van der Waals surface area contributed by atoms with Crippen LogP contribution in [0, 0.1) is 5.92 Å². The van der Waals surface area contributed by atoms with Crippen molar-refractivity contribution in [1.82, 2.24) is 4.90 Å². The van der Waals surface area contributed by atoms with E-state index >= 15 is 0 Å². The lowest BCUT2D eigenvalue weighted by Crippen LogP contribution is -2.30. The van der Waals surface area contributed by atoms with Gasteiger partial charge in [0, 0.05) is 26.1 Å². The second-order valence-corrected chi connectivity index (χ2v) is 6.48. The van der Waals surface area contributed by atoms with Crippen LogP contribution in [0.15, 0.2) is 24.3 Å². The fourth-order valence-corrected chi connectivity index (χ4v) is 2.64. The number of carbonyl (C=O) groups excluding carboxylic acids is 1. The molecule has 2 rings (SSSR count). The highest BCUT2D eigenvalue weighted by Crippen LogP contribution is 2.16. The predicted molar refractivity (Wildman–Crippen MR) is 87.5 cm³/mol. The van der Waals surface area contributed by atoms with Crippen molar-refractivity contribution in [3.05, 3.63) is 35.4 Å². The van der Waals surface area contributed by atoms with Gasteiger partial charge in [-0.1, -0.05) is 26.0 Å². The fraction of sp³-hybridized carbons (Fsp3) is 0.556. The minimum Gasteiger partial charge on any atom is -0.478 e. The largest absolute Gasteiger partial charge is 0.478 e. The first kappa shape index (κ1) is 17.5. The van der Waals surface area contributed by atoms with Crippen molar-refractivity contribution >= 4 is 11.9 Å². The van der Waals surface area contributed by atoms with Crippen LogP contribution >= 0.6 is 0 Å². The van der Waals surface area contributed by atoms with Crippen LogP contribution in [-0.2, 0) is 16.0 Å². The van der Waals surface area contributed by atoms with Crippen LogP contribution in [0.2, 0.25) is 0 Å². The summed E-state index contributed by atoms with van der Waals surface area (Å²) in [6.45, 7) is 6.42. The first-order chi connectivity index (χ1) is 11.0. The van der Waals surface area contributed by atoms with Crippen molar-refractivity contribution in [2.45, 2.75) is 39.2 Å². The molecule has 1 N–H and O–H groups in total. The molecule has 0 radical (unpaired) electrons. The maximum absolute atomic E-state index is 12.3. The summed E-state index contributed by atoms with van der Waals surface area (Å²) in [7, 11) is 0. The molecule has 1 saturated heterocycles. The third-order valence-corrected chi connectivity index (χ3v) is 3.99. The van der Waals surface area contributed by atoms with Gasteiger partial charge in [0.15, 0.2) is 0 Å². The molecule has 5 heteroatoms. The molecule has 1 fully saturated rings. The Hall–Kier alpha value is -1.88. The van der Waals surface area contributed by atoms with Crippen molar-refractivity contribution in [3.8, 4) is 0 Å². The van der Waals surface area contributed by atoms with Gasteiger partial charge in [0.1, 0.15) is 0 Å². The predicted octanol–water partition coefficient (Wildman–Crippen LogP) is 2.59. The standard InChI is InChI=1S/C18H25NO4/c1-13(2)12-23-16-9-10-19(11-16)17(20)8-5-14-3-6-15(7-4-14)18(21)22/h3-4,6-7,13,16H,5,8-12H2,1-2H3,(H,21,22)/t16-/m1/s1. The number of aryl methyl sites for hydroxylation is 1. The zero-order chi connectivity index (χ0) is 16.8. The zero-order valence-corrected chi connectivity index (χ0v) is 13.8. The molecular formula is C18H25NO4. The van der Waals surface area contributed by atoms with Gasteiger partial charge in [-0.25, -0.2) is 4.79 Å². The van der Waals surface area contributed by atoms with Crippen LogP contribution in [0.5, 0.6) is 0 Å². The summed E-state index contributed by atoms with van der Waals surface area (Å²) in [4.78, 5) is 24.9. The molecule has 0 spiro atoms. The molecule has 1 aliphatic rings. The molecule has 1 atom stereocenters. The topological polar surface area (TPSA) is 66.8 Å². The zero-order valence-electron chi connectivity index (χ0n) is 13.8. The van der Waals surface area contributed by atoms with E-state index in [0.717, 1.165) is 25.1 Å². The van der Waals surface area contributed by atoms with Gasteiger partial charge < -0.3 is 14.7 Å². The van der Waals surface area contributed by atoms with Gasteiger partial charge in [-0.3, -0.25) is 4.79 Å². The molecule has 0 bridgehead atoms. The first-order valence-electron chi connectivity index (χ1n) is 8.17. The lowest BCUT2D eigenvalue weighted by molar-refractivity contribution is -0.130. The van der Waals surface area contributed by atoms with Crippen molar-refractivity contribution in [3.63, 3.8) is 0 Å². The highest BCUT2D eigenvalue weighted by atomic mass is 16.5. The molecule has 1 aromatic rings. The van der Waals surface area contributed by atoms with Crippen LogP contribution in [0.3, 0.4) is 0 Å². The van der Waals surface area contributed by atoms with E-state index in [1.165, 1.54) is 0 Å². The number of ether oxygens (including phenoxy) is 1. The van der Waals surface area contributed by atoms with E-state index < -0.39 is 5.97 Å². The molecule has 5 nitrogen and oxygen atoms in total. The summed E-state index contributed by atoms with van der Waals surface area (Å²) in [6.07, 6.45) is 2.15. The van der Waals surface area contributed by atoms with Crippen LogP contribution in [-0.4, -0.2) is 47.7 Å². The van der Waals surface area contributed by atoms with Crippen molar-refractivity contribution in [1.29, 1.82) is 0 Å². The van der Waals surface area contributed by atoms with E-state index in [-0.39, 0.29) is 17.6 Å². The smallest absolute Gasteiger partial charge is 0.335 e. The quantitative estimate of drug-likeness (QED) is 0.839. The highest BCUT2D eigenvalue weighted by molar-refractivity contribution is 5.87. The molecule has 0 aromatic heterocycles. The molecule has 1 amide bonds. The number of benzene rings is 1. The SMILES string of the molecule is CC(C)CO[C@@H]1CCN(C(=O)CCc2ccc(C(=O)O)cc2)C1. The average Bonchev–Trinajstić information content (AvgIpc) is 3.00. The van der Waals surface area contributed by atoms with Crippen molar-refractivity contribution in [2.24, 2.45) is 5.92 Å². The van der Waals surface area contributed by atoms with Gasteiger partial charge in [-0.15, -0.1) is 0 Å². The minimum atomic E-state index is -0.933. The molecule has 1 aliphatic heterocycles. The van der Waals surface area contributed by atoms with Gasteiger partial charge in [0.05, 0.1) is 11.7 Å². The van der Waals surface area contributed by atoms with Gasteiger partial charge >= 0.3 is 5.97 Å². The van der Waals surface area contributed by atoms with Crippen LogP contribution in [0.4, 0.5) is 0 Å². The Morgan fingerprint density at radius 1 is 1.30 bits per heavy atom. The number of hydrogen-bond acceptors (Lipinski definition) is 3. The Morgan fingerprint density at radius 2 is 2.00 bits per heavy atom. The van der Waals surface area contributed by atoms with Crippen LogP contribution in [0.25, 0.3) is 0 Å². The fourth-order valence-electron chi connectivity index (χ4n) is 2.64. The number of carbonyl (C=O) groups is 2. The molecule has 1 heterocycles. The van der Waals surface area contributed by atoms with Crippen LogP contribution < -0.4 is 0 Å². The van der Waals surface area contributed by atoms with E-state index in [1.54, 1.807) is 24.3 Å². The summed E-state index contributed by atoms with van der Waals surface area (Å²) in [5.41, 5.74) is 1.25. The van der Waals surface area contributed by atoms with Gasteiger partial charge in [0.2, 0.25) is 5.91 Å². The van der Waals surface area contributed by atoms with Crippen LogP contribution in [0.1, 0.15) is 42.6 Å². The van der Waals surface area contributed by atoms with Crippen molar-refractivity contribution in [2.75, 3.05) is 19.7 Å². The van der Waals surface area contributed by atoms with Crippen molar-refractivity contribution < 1.29 is 19.4 Å². The second kappa shape index (κ2) is 8.11. The summed E-state index contributed by atoms with van der Waals surface area (Å²) in [5, 5.41) is 8.87. The Labute approximate surface area is 137 Å². The first-order valence-corrected chi connectivity index (χ1v) is 8.17. The number of aromatic carboxylic acids is 1. The molecule has 0 saturated carbocycles. The minimum absolute atomic E-state index is 0.142. The Morgan fingerprint density at radius 3 is 2.61 bits per heavy atom. The Balaban J connectivity index is 1.76. The number of likely N-dealkylation sites (tertiary alicyclic amines) is 1. The highest BCUT2D eigenvalue weighted by Gasteiger charge is 2.26. The van der Waals surface area contributed by atoms with Gasteiger partial charge in [-0.05, 0) is 36.5 Å². The second-order valence-electron chi connectivity index (χ2n) is 6.48. The Kier molecular flexibility index (Phi) is 6.16. The van der Waals surface area contributed by atoms with E-state index in [0.29, 0.717) is 25.3 Å². The van der Waals surface area contributed by atoms with E-state index in [4.69, 9.17) is 9.84 Å².